The highest BCUT2D eigenvalue weighted by Crippen LogP contribution is 2.16. The van der Waals surface area contributed by atoms with Crippen LogP contribution in [0.15, 0.2) is 58.1 Å². The molecule has 182 valence electrons. The fourth-order valence-corrected chi connectivity index (χ4v) is 3.95. The molecule has 1 N–H and O–H groups in total. The molecule has 0 spiro atoms. The summed E-state index contributed by atoms with van der Waals surface area (Å²) in [5, 5.41) is 7.59. The zero-order chi connectivity index (χ0) is 25.3. The number of hydrogen-bond donors (Lipinski definition) is 1. The summed E-state index contributed by atoms with van der Waals surface area (Å²) in [6.07, 6.45) is 0.769. The van der Waals surface area contributed by atoms with Crippen molar-refractivity contribution in [3.63, 3.8) is 0 Å². The van der Waals surface area contributed by atoms with Crippen molar-refractivity contribution >= 4 is 28.4 Å². The van der Waals surface area contributed by atoms with E-state index >= 15 is 0 Å². The summed E-state index contributed by atoms with van der Waals surface area (Å²) in [6.45, 7) is 7.87. The van der Waals surface area contributed by atoms with E-state index in [1.807, 2.05) is 27.7 Å². The molecule has 2 aromatic carbocycles. The van der Waals surface area contributed by atoms with Gasteiger partial charge in [0.1, 0.15) is 6.54 Å². The van der Waals surface area contributed by atoms with Gasteiger partial charge in [-0.2, -0.15) is 0 Å². The number of nitrogens with one attached hydrogen (secondary N) is 1. The van der Waals surface area contributed by atoms with E-state index in [0.717, 1.165) is 11.1 Å². The molecule has 1 atom stereocenters. The van der Waals surface area contributed by atoms with Crippen LogP contribution in [-0.4, -0.2) is 36.5 Å². The first-order valence-corrected chi connectivity index (χ1v) is 11.8. The normalized spacial score (nSPS) is 12.4. The van der Waals surface area contributed by atoms with E-state index in [0.29, 0.717) is 23.1 Å². The van der Waals surface area contributed by atoms with Gasteiger partial charge in [-0.15, -0.1) is 5.10 Å². The molecule has 0 saturated carbocycles. The average molecular weight is 476 g/mol. The second-order valence-corrected chi connectivity index (χ2v) is 9.19. The number of hydrogen-bond acceptors (Lipinski definition) is 5. The Morgan fingerprint density at radius 1 is 1.00 bits per heavy atom. The van der Waals surface area contributed by atoms with Crippen molar-refractivity contribution in [2.24, 2.45) is 5.92 Å². The summed E-state index contributed by atoms with van der Waals surface area (Å²) in [5.41, 5.74) is 0.225. The minimum Gasteiger partial charge on any atom is -0.350 e. The molecular formula is C26H29N5O4. The van der Waals surface area contributed by atoms with E-state index in [1.54, 1.807) is 42.5 Å². The molecule has 1 amide bonds. The molecule has 1 unspecified atom stereocenters. The lowest BCUT2D eigenvalue weighted by Crippen LogP contribution is -2.32. The predicted octanol–water partition coefficient (Wildman–Crippen LogP) is 2.88. The van der Waals surface area contributed by atoms with Crippen molar-refractivity contribution in [2.45, 2.75) is 53.2 Å². The number of carbonyl (C=O) groups is 2. The largest absolute Gasteiger partial charge is 0.352 e. The van der Waals surface area contributed by atoms with Crippen molar-refractivity contribution in [2.75, 3.05) is 0 Å². The van der Waals surface area contributed by atoms with Crippen LogP contribution in [-0.2, 0) is 13.1 Å². The lowest BCUT2D eigenvalue weighted by molar-refractivity contribution is 0.0937. The minimum atomic E-state index is -0.550. The van der Waals surface area contributed by atoms with Gasteiger partial charge in [-0.3, -0.25) is 19.0 Å². The molecule has 0 fully saturated rings. The molecule has 0 radical (unpaired) electrons. The maximum Gasteiger partial charge on any atom is 0.352 e. The van der Waals surface area contributed by atoms with E-state index in [1.165, 1.54) is 15.0 Å². The van der Waals surface area contributed by atoms with Gasteiger partial charge < -0.3 is 5.32 Å². The van der Waals surface area contributed by atoms with Gasteiger partial charge in [0.15, 0.2) is 5.78 Å². The topological polar surface area (TPSA) is 107 Å². The van der Waals surface area contributed by atoms with Gasteiger partial charge in [0.25, 0.3) is 11.5 Å². The number of carbonyl (C=O) groups excluding carboxylic acids is 2. The number of rotatable bonds is 8. The van der Waals surface area contributed by atoms with Crippen molar-refractivity contribution < 1.29 is 9.59 Å². The summed E-state index contributed by atoms with van der Waals surface area (Å²) in [5.74, 6) is -0.311. The van der Waals surface area contributed by atoms with Crippen LogP contribution >= 0.6 is 0 Å². The highest BCUT2D eigenvalue weighted by atomic mass is 16.2. The van der Waals surface area contributed by atoms with Crippen LogP contribution in [0.2, 0.25) is 0 Å². The van der Waals surface area contributed by atoms with Crippen molar-refractivity contribution in [3.8, 4) is 0 Å². The maximum atomic E-state index is 13.5. The van der Waals surface area contributed by atoms with Crippen molar-refractivity contribution in [1.82, 2.24) is 24.1 Å². The van der Waals surface area contributed by atoms with Gasteiger partial charge >= 0.3 is 5.69 Å². The Balaban J connectivity index is 1.92. The molecule has 9 nitrogen and oxygen atoms in total. The molecule has 9 heteroatoms. The first kappa shape index (κ1) is 24.1. The Bertz CT molecular complexity index is 1530. The zero-order valence-electron chi connectivity index (χ0n) is 20.3. The number of nitrogens with zero attached hydrogens (tertiary/aromatic N) is 4. The zero-order valence-corrected chi connectivity index (χ0v) is 20.3. The van der Waals surface area contributed by atoms with Crippen LogP contribution in [0.4, 0.5) is 0 Å². The quantitative estimate of drug-likeness (QED) is 0.394. The maximum absolute atomic E-state index is 13.5. The number of benzene rings is 2. The van der Waals surface area contributed by atoms with E-state index in [-0.39, 0.29) is 47.0 Å². The molecule has 4 rings (SSSR count). The molecule has 35 heavy (non-hydrogen) atoms. The molecule has 0 bridgehead atoms. The van der Waals surface area contributed by atoms with Gasteiger partial charge in [-0.25, -0.2) is 13.9 Å². The molecule has 4 aromatic rings. The molecule has 0 aliphatic heterocycles. The highest BCUT2D eigenvalue weighted by molar-refractivity contribution is 5.98. The Kier molecular flexibility index (Phi) is 6.68. The van der Waals surface area contributed by atoms with Crippen LogP contribution in [0.5, 0.6) is 0 Å². The van der Waals surface area contributed by atoms with Gasteiger partial charge in [-0.1, -0.05) is 51.1 Å². The third-order valence-corrected chi connectivity index (χ3v) is 5.97. The fourth-order valence-electron chi connectivity index (χ4n) is 3.95. The van der Waals surface area contributed by atoms with Gasteiger partial charge in [0.05, 0.1) is 10.9 Å². The Labute approximate surface area is 202 Å². The third kappa shape index (κ3) is 4.66. The van der Waals surface area contributed by atoms with Gasteiger partial charge in [0.2, 0.25) is 5.78 Å². The van der Waals surface area contributed by atoms with Crippen LogP contribution in [0.1, 0.15) is 54.8 Å². The number of ketones is 1. The molecule has 2 aromatic heterocycles. The summed E-state index contributed by atoms with van der Waals surface area (Å²) < 4.78 is 3.85. The van der Waals surface area contributed by atoms with Crippen molar-refractivity contribution in [1.29, 1.82) is 0 Å². The van der Waals surface area contributed by atoms with E-state index in [4.69, 9.17) is 0 Å². The predicted molar refractivity (Wildman–Crippen MR) is 134 cm³/mol. The highest BCUT2D eigenvalue weighted by Gasteiger charge is 2.21. The van der Waals surface area contributed by atoms with Gasteiger partial charge in [-0.05, 0) is 37.5 Å². The number of Topliss-reactive ketones (excluding diaryl/α,β-unsaturated/α-hetero) is 1. The van der Waals surface area contributed by atoms with Crippen LogP contribution < -0.4 is 16.6 Å². The second-order valence-electron chi connectivity index (χ2n) is 9.19. The van der Waals surface area contributed by atoms with Crippen molar-refractivity contribution in [3.05, 3.63) is 80.5 Å². The SMILES string of the molecule is CCC(C)NC(=O)c1ccc2c(=O)n(CC(C)C)c3nn(CC(=O)c4ccccc4)c(=O)n3c2c1. The standard InChI is InChI=1S/C26H29N5O4/c1-5-17(4)27-23(33)19-11-12-20-21(13-19)31-25(29(24(20)34)14-16(2)3)28-30(26(31)35)15-22(32)18-9-7-6-8-10-18/h6-13,16-17H,5,14-15H2,1-4H3,(H,27,33). The Morgan fingerprint density at radius 2 is 1.71 bits per heavy atom. The third-order valence-electron chi connectivity index (χ3n) is 5.97. The van der Waals surface area contributed by atoms with Crippen LogP contribution in [0.25, 0.3) is 16.7 Å². The summed E-state index contributed by atoms with van der Waals surface area (Å²) in [7, 11) is 0. The van der Waals surface area contributed by atoms with Gasteiger partial charge in [0, 0.05) is 23.7 Å². The van der Waals surface area contributed by atoms with E-state index < -0.39 is 5.69 Å². The smallest absolute Gasteiger partial charge is 0.350 e. The summed E-state index contributed by atoms with van der Waals surface area (Å²) in [6, 6.07) is 13.3. The first-order chi connectivity index (χ1) is 16.7. The first-order valence-electron chi connectivity index (χ1n) is 11.8. The molecule has 0 aliphatic carbocycles. The Hall–Kier alpha value is -4.01. The number of aromatic nitrogens is 4. The van der Waals surface area contributed by atoms with Crippen LogP contribution in [0, 0.1) is 5.92 Å². The van der Waals surface area contributed by atoms with E-state index in [9.17, 15) is 19.2 Å². The summed E-state index contributed by atoms with van der Waals surface area (Å²) in [4.78, 5) is 52.4. The fraction of sp³-hybridized carbons (Fsp3) is 0.346. The lowest BCUT2D eigenvalue weighted by Gasteiger charge is -2.14. The number of amides is 1. The lowest BCUT2D eigenvalue weighted by atomic mass is 10.1. The molecule has 0 saturated heterocycles. The molecule has 2 heterocycles. The minimum absolute atomic E-state index is 0.0215. The summed E-state index contributed by atoms with van der Waals surface area (Å²) >= 11 is 0. The monoisotopic (exact) mass is 475 g/mol. The molecule has 0 aliphatic rings. The Morgan fingerprint density at radius 3 is 2.37 bits per heavy atom. The second kappa shape index (κ2) is 9.69. The number of fused-ring (bicyclic) bond motifs is 3. The van der Waals surface area contributed by atoms with Crippen LogP contribution in [0.3, 0.4) is 0 Å². The average Bonchev–Trinajstić information content (AvgIpc) is 3.17. The molecular weight excluding hydrogens is 446 g/mol. The van der Waals surface area contributed by atoms with E-state index in [2.05, 4.69) is 10.4 Å².